The van der Waals surface area contributed by atoms with Gasteiger partial charge in [0, 0.05) is 32.7 Å². The lowest BCUT2D eigenvalue weighted by Crippen LogP contribution is -2.50. The molecule has 1 fully saturated rings. The molecule has 0 radical (unpaired) electrons. The Bertz CT molecular complexity index is 382. The van der Waals surface area contributed by atoms with Crippen LogP contribution in [0.15, 0.2) is 0 Å². The van der Waals surface area contributed by atoms with Crippen LogP contribution in [0, 0.1) is 11.3 Å². The first kappa shape index (κ1) is 17.9. The summed E-state index contributed by atoms with van der Waals surface area (Å²) in [6.45, 7) is 12.9. The zero-order valence-corrected chi connectivity index (χ0v) is 14.2. The zero-order chi connectivity index (χ0) is 15.4. The fourth-order valence-electron chi connectivity index (χ4n) is 2.27. The predicted octanol–water partition coefficient (Wildman–Crippen LogP) is 0.965. The summed E-state index contributed by atoms with van der Waals surface area (Å²) in [7, 11) is -3.09. The van der Waals surface area contributed by atoms with E-state index in [0.29, 0.717) is 32.0 Å². The van der Waals surface area contributed by atoms with Gasteiger partial charge in [0.15, 0.2) is 0 Å². The Kier molecular flexibility index (Phi) is 6.44. The topological polar surface area (TPSA) is 66.6 Å². The summed E-state index contributed by atoms with van der Waals surface area (Å²) < 4.78 is 26.3. The van der Waals surface area contributed by atoms with Gasteiger partial charge in [-0.05, 0) is 24.3 Å². The predicted molar refractivity (Wildman–Crippen MR) is 84.1 cm³/mol. The van der Waals surface area contributed by atoms with Crippen molar-refractivity contribution in [1.82, 2.24) is 9.21 Å². The van der Waals surface area contributed by atoms with Crippen molar-refractivity contribution in [3.05, 3.63) is 0 Å². The Morgan fingerprint density at radius 1 is 1.15 bits per heavy atom. The Morgan fingerprint density at radius 3 is 2.15 bits per heavy atom. The number of piperazine rings is 1. The van der Waals surface area contributed by atoms with Crippen molar-refractivity contribution >= 4 is 10.0 Å². The van der Waals surface area contributed by atoms with Crippen LogP contribution >= 0.6 is 0 Å². The van der Waals surface area contributed by atoms with Crippen molar-refractivity contribution in [2.45, 2.75) is 34.1 Å². The Labute approximate surface area is 124 Å². The van der Waals surface area contributed by atoms with Crippen molar-refractivity contribution in [3.8, 4) is 0 Å². The van der Waals surface area contributed by atoms with E-state index in [4.69, 9.17) is 5.73 Å². The molecule has 1 atom stereocenters. The lowest BCUT2D eigenvalue weighted by atomic mass is 9.94. The highest BCUT2D eigenvalue weighted by atomic mass is 32.2. The van der Waals surface area contributed by atoms with E-state index < -0.39 is 10.0 Å². The average Bonchev–Trinajstić information content (AvgIpc) is 2.36. The third kappa shape index (κ3) is 6.08. The molecule has 1 heterocycles. The second-order valence-corrected chi connectivity index (χ2v) is 9.26. The maximum absolute atomic E-state index is 12.3. The highest BCUT2D eigenvalue weighted by Crippen LogP contribution is 2.21. The first-order valence-corrected chi connectivity index (χ1v) is 9.15. The van der Waals surface area contributed by atoms with Gasteiger partial charge in [-0.1, -0.05) is 27.7 Å². The Morgan fingerprint density at radius 2 is 1.70 bits per heavy atom. The molecule has 2 N–H and O–H groups in total. The minimum absolute atomic E-state index is 0.0610. The molecule has 0 aliphatic carbocycles. The van der Waals surface area contributed by atoms with Gasteiger partial charge in [0.25, 0.3) is 0 Å². The van der Waals surface area contributed by atoms with Crippen molar-refractivity contribution in [3.63, 3.8) is 0 Å². The number of hydrogen-bond acceptors (Lipinski definition) is 4. The van der Waals surface area contributed by atoms with Gasteiger partial charge in [0.05, 0.1) is 5.75 Å². The van der Waals surface area contributed by atoms with Gasteiger partial charge in [-0.15, -0.1) is 0 Å². The van der Waals surface area contributed by atoms with E-state index >= 15 is 0 Å². The first-order chi connectivity index (χ1) is 9.14. The van der Waals surface area contributed by atoms with Crippen LogP contribution in [-0.2, 0) is 10.0 Å². The third-order valence-electron chi connectivity index (χ3n) is 3.81. The molecule has 0 amide bonds. The molecule has 0 aromatic heterocycles. The van der Waals surface area contributed by atoms with Crippen LogP contribution in [0.3, 0.4) is 0 Å². The van der Waals surface area contributed by atoms with Crippen molar-refractivity contribution in [2.75, 3.05) is 45.0 Å². The van der Waals surface area contributed by atoms with Crippen molar-refractivity contribution in [1.29, 1.82) is 0 Å². The molecular formula is C14H31N3O2S. The summed E-state index contributed by atoms with van der Waals surface area (Å²) in [4.78, 5) is 2.31. The molecule has 120 valence electrons. The van der Waals surface area contributed by atoms with E-state index in [1.165, 1.54) is 0 Å². The summed E-state index contributed by atoms with van der Waals surface area (Å²) in [5, 5.41) is 0. The number of hydrogen-bond donors (Lipinski definition) is 1. The second kappa shape index (κ2) is 7.20. The van der Waals surface area contributed by atoms with Crippen molar-refractivity contribution in [2.24, 2.45) is 17.1 Å². The molecule has 0 spiro atoms. The summed E-state index contributed by atoms with van der Waals surface area (Å²) in [6, 6.07) is 0. The molecule has 1 aliphatic rings. The maximum Gasteiger partial charge on any atom is 0.214 e. The fraction of sp³-hybridized carbons (Fsp3) is 1.00. The van der Waals surface area contributed by atoms with E-state index in [0.717, 1.165) is 19.6 Å². The first-order valence-electron chi connectivity index (χ1n) is 7.54. The van der Waals surface area contributed by atoms with E-state index in [2.05, 4.69) is 32.6 Å². The zero-order valence-electron chi connectivity index (χ0n) is 13.4. The number of nitrogens with two attached hydrogens (primary N) is 1. The van der Waals surface area contributed by atoms with Crippen molar-refractivity contribution < 1.29 is 8.42 Å². The lowest BCUT2D eigenvalue weighted by molar-refractivity contribution is 0.169. The summed E-state index contributed by atoms with van der Waals surface area (Å²) in [5.41, 5.74) is 5.69. The molecule has 0 bridgehead atoms. The Hall–Kier alpha value is -0.170. The largest absolute Gasteiger partial charge is 0.330 e. The molecular weight excluding hydrogens is 274 g/mol. The molecule has 1 aliphatic heterocycles. The van der Waals surface area contributed by atoms with Gasteiger partial charge in [0.1, 0.15) is 0 Å². The van der Waals surface area contributed by atoms with E-state index in [-0.39, 0.29) is 11.2 Å². The van der Waals surface area contributed by atoms with Gasteiger partial charge in [-0.25, -0.2) is 8.42 Å². The lowest BCUT2D eigenvalue weighted by Gasteiger charge is -2.35. The van der Waals surface area contributed by atoms with Gasteiger partial charge in [0.2, 0.25) is 10.0 Å². The van der Waals surface area contributed by atoms with Gasteiger partial charge >= 0.3 is 0 Å². The van der Waals surface area contributed by atoms with Crippen LogP contribution in [0.4, 0.5) is 0 Å². The maximum atomic E-state index is 12.3. The average molecular weight is 305 g/mol. The Balaban J connectivity index is 2.44. The van der Waals surface area contributed by atoms with Crippen LogP contribution in [0.25, 0.3) is 0 Å². The molecule has 1 unspecified atom stereocenters. The van der Waals surface area contributed by atoms with Crippen LogP contribution in [0.1, 0.15) is 34.1 Å². The summed E-state index contributed by atoms with van der Waals surface area (Å²) in [6.07, 6.45) is 0.708. The molecule has 1 saturated heterocycles. The quantitative estimate of drug-likeness (QED) is 0.794. The van der Waals surface area contributed by atoms with E-state index in [1.54, 1.807) is 4.31 Å². The molecule has 0 aromatic carbocycles. The van der Waals surface area contributed by atoms with Gasteiger partial charge in [-0.2, -0.15) is 4.31 Å². The molecule has 6 heteroatoms. The van der Waals surface area contributed by atoms with Gasteiger partial charge < -0.3 is 10.6 Å². The van der Waals surface area contributed by atoms with Crippen LogP contribution in [-0.4, -0.2) is 62.6 Å². The van der Waals surface area contributed by atoms with Crippen LogP contribution in [0.2, 0.25) is 0 Å². The number of rotatable bonds is 6. The normalized spacial score (nSPS) is 21.1. The van der Waals surface area contributed by atoms with Gasteiger partial charge in [-0.3, -0.25) is 0 Å². The molecule has 0 aromatic rings. The fourth-order valence-corrected chi connectivity index (χ4v) is 4.12. The van der Waals surface area contributed by atoms with Crippen LogP contribution in [0.5, 0.6) is 0 Å². The van der Waals surface area contributed by atoms with Crippen LogP contribution < -0.4 is 5.73 Å². The second-order valence-electron chi connectivity index (χ2n) is 7.17. The SMILES string of the molecule is CC(CN)CN1CCN(S(=O)(=O)CCC(C)(C)C)CC1. The minimum Gasteiger partial charge on any atom is -0.330 e. The standard InChI is InChI=1S/C14H31N3O2S/c1-13(11-15)12-16-6-8-17(9-7-16)20(18,19)10-5-14(2,3)4/h13H,5-12,15H2,1-4H3. The highest BCUT2D eigenvalue weighted by Gasteiger charge is 2.28. The molecule has 5 nitrogen and oxygen atoms in total. The van der Waals surface area contributed by atoms with E-state index in [1.807, 2.05) is 0 Å². The smallest absolute Gasteiger partial charge is 0.214 e. The molecule has 20 heavy (non-hydrogen) atoms. The minimum atomic E-state index is -3.09. The van der Waals surface area contributed by atoms with E-state index in [9.17, 15) is 8.42 Å². The molecule has 1 rings (SSSR count). The molecule has 0 saturated carbocycles. The number of sulfonamides is 1. The highest BCUT2D eigenvalue weighted by molar-refractivity contribution is 7.89. The summed E-state index contributed by atoms with van der Waals surface area (Å²) in [5.74, 6) is 0.731. The summed E-state index contributed by atoms with van der Waals surface area (Å²) >= 11 is 0. The third-order valence-corrected chi connectivity index (χ3v) is 5.68. The monoisotopic (exact) mass is 305 g/mol. The number of nitrogens with zero attached hydrogens (tertiary/aromatic N) is 2.